The van der Waals surface area contributed by atoms with Crippen molar-refractivity contribution >= 4 is 56.8 Å². The molecule has 1 aliphatic rings. The Hall–Kier alpha value is -3.05. The highest BCUT2D eigenvalue weighted by Gasteiger charge is 2.41. The number of anilines is 1. The van der Waals surface area contributed by atoms with E-state index in [0.29, 0.717) is 22.2 Å². The Bertz CT molecular complexity index is 1290. The zero-order chi connectivity index (χ0) is 24.1. The van der Waals surface area contributed by atoms with Gasteiger partial charge in [-0.3, -0.25) is 14.5 Å². The van der Waals surface area contributed by atoms with Crippen LogP contribution in [0.2, 0.25) is 5.02 Å². The van der Waals surface area contributed by atoms with Crippen molar-refractivity contribution < 1.29 is 9.59 Å². The molecule has 1 unspecified atom stereocenters. The van der Waals surface area contributed by atoms with Crippen LogP contribution in [0.25, 0.3) is 0 Å². The molecule has 1 saturated heterocycles. The van der Waals surface area contributed by atoms with Crippen LogP contribution in [0.1, 0.15) is 11.1 Å². The van der Waals surface area contributed by atoms with Gasteiger partial charge in [0.2, 0.25) is 5.91 Å². The van der Waals surface area contributed by atoms with Crippen LogP contribution in [0, 0.1) is 11.3 Å². The number of carbonyl (C=O) groups excluding carboxylic acids is 2. The molecular weight excluding hydrogens is 534 g/mol. The number of thioether (sulfide) groups is 1. The van der Waals surface area contributed by atoms with Gasteiger partial charge in [-0.15, -0.1) is 0 Å². The largest absolute Gasteiger partial charge is 0.347 e. The molecule has 8 heteroatoms. The second-order valence-corrected chi connectivity index (χ2v) is 10.0. The van der Waals surface area contributed by atoms with Gasteiger partial charge in [0.1, 0.15) is 16.7 Å². The van der Waals surface area contributed by atoms with Gasteiger partial charge < -0.3 is 5.32 Å². The number of nitrogens with zero attached hydrogens (tertiary/aromatic N) is 2. The highest BCUT2D eigenvalue weighted by Crippen LogP contribution is 2.42. The monoisotopic (exact) mass is 551 g/mol. The van der Waals surface area contributed by atoms with Gasteiger partial charge in [0.05, 0.1) is 5.25 Å². The van der Waals surface area contributed by atoms with Crippen molar-refractivity contribution in [3.05, 3.63) is 110 Å². The third-order valence-electron chi connectivity index (χ3n) is 5.25. The molecule has 1 N–H and O–H groups in total. The highest BCUT2D eigenvalue weighted by molar-refractivity contribution is 9.10. The third kappa shape index (κ3) is 5.36. The van der Waals surface area contributed by atoms with Crippen molar-refractivity contribution in [2.45, 2.75) is 18.2 Å². The quantitative estimate of drug-likeness (QED) is 0.308. The van der Waals surface area contributed by atoms with E-state index in [2.05, 4.69) is 21.2 Å². The second kappa shape index (κ2) is 10.9. The normalized spacial score (nSPS) is 16.8. The van der Waals surface area contributed by atoms with Gasteiger partial charge in [0.15, 0.2) is 0 Å². The Morgan fingerprint density at radius 1 is 1.06 bits per heavy atom. The molecule has 34 heavy (non-hydrogen) atoms. The average Bonchev–Trinajstić information content (AvgIpc) is 3.16. The average molecular weight is 553 g/mol. The molecule has 0 radical (unpaired) electrons. The van der Waals surface area contributed by atoms with Crippen molar-refractivity contribution in [3.8, 4) is 6.07 Å². The van der Waals surface area contributed by atoms with Gasteiger partial charge in [0.25, 0.3) is 5.91 Å². The van der Waals surface area contributed by atoms with Crippen molar-refractivity contribution in [2.24, 2.45) is 0 Å². The van der Waals surface area contributed by atoms with Crippen LogP contribution in [0.4, 0.5) is 5.69 Å². The number of amides is 2. The van der Waals surface area contributed by atoms with Crippen molar-refractivity contribution in [1.29, 1.82) is 5.26 Å². The second-order valence-electron chi connectivity index (χ2n) is 7.51. The molecule has 1 fully saturated rings. The maximum Gasteiger partial charge on any atom is 0.264 e. The smallest absolute Gasteiger partial charge is 0.264 e. The molecule has 0 spiro atoms. The first-order valence-electron chi connectivity index (χ1n) is 10.4. The number of rotatable bonds is 6. The summed E-state index contributed by atoms with van der Waals surface area (Å²) in [7, 11) is 0. The number of hydrogen-bond acceptors (Lipinski definition) is 4. The van der Waals surface area contributed by atoms with Crippen molar-refractivity contribution in [3.63, 3.8) is 0 Å². The van der Waals surface area contributed by atoms with Crippen LogP contribution >= 0.6 is 39.3 Å². The maximum absolute atomic E-state index is 13.5. The Balaban J connectivity index is 1.68. The summed E-state index contributed by atoms with van der Waals surface area (Å²) in [5, 5.41) is 13.1. The Morgan fingerprint density at radius 2 is 1.74 bits per heavy atom. The molecular formula is C26H19BrClN3O2S. The first-order chi connectivity index (χ1) is 16.5. The Labute approximate surface area is 215 Å². The van der Waals surface area contributed by atoms with Crippen LogP contribution in [-0.4, -0.2) is 17.1 Å². The van der Waals surface area contributed by atoms with Crippen LogP contribution in [-0.2, 0) is 22.6 Å². The molecule has 1 heterocycles. The molecule has 0 aliphatic carbocycles. The summed E-state index contributed by atoms with van der Waals surface area (Å²) in [6.45, 7) is 0.276. The lowest BCUT2D eigenvalue weighted by atomic mass is 10.1. The lowest BCUT2D eigenvalue weighted by molar-refractivity contribution is -0.117. The molecule has 5 nitrogen and oxygen atoms in total. The summed E-state index contributed by atoms with van der Waals surface area (Å²) >= 11 is 10.9. The number of nitrogens with one attached hydrogen (secondary N) is 1. The summed E-state index contributed by atoms with van der Waals surface area (Å²) in [4.78, 5) is 28.0. The summed E-state index contributed by atoms with van der Waals surface area (Å²) in [6, 6.07) is 26.0. The minimum atomic E-state index is -0.526. The van der Waals surface area contributed by atoms with E-state index in [-0.39, 0.29) is 18.0 Å². The molecule has 1 aliphatic heterocycles. The lowest BCUT2D eigenvalue weighted by Crippen LogP contribution is -2.32. The first-order valence-corrected chi connectivity index (χ1v) is 12.5. The lowest BCUT2D eigenvalue weighted by Gasteiger charge is -2.19. The van der Waals surface area contributed by atoms with E-state index in [0.717, 1.165) is 15.6 Å². The van der Waals surface area contributed by atoms with Crippen LogP contribution in [0.5, 0.6) is 0 Å². The van der Waals surface area contributed by atoms with E-state index in [1.807, 2.05) is 66.7 Å². The molecule has 4 rings (SSSR count). The van der Waals surface area contributed by atoms with Gasteiger partial charge in [0, 0.05) is 21.7 Å². The standard InChI is InChI=1S/C26H19BrClN3O2S/c27-19-10-12-20(13-11-19)31-25(33)23(14-18-8-4-5-9-22(18)28)34-26(31)21(15-29)24(32)30-16-17-6-2-1-3-7-17/h1-13,23H,14,16H2,(H,30,32). The predicted octanol–water partition coefficient (Wildman–Crippen LogP) is 5.85. The molecule has 1 atom stereocenters. The van der Waals surface area contributed by atoms with E-state index >= 15 is 0 Å². The fourth-order valence-corrected chi connectivity index (χ4v) is 5.32. The number of halogens is 2. The van der Waals surface area contributed by atoms with Crippen LogP contribution in [0.15, 0.2) is 93.9 Å². The summed E-state index contributed by atoms with van der Waals surface area (Å²) in [5.74, 6) is -0.729. The van der Waals surface area contributed by atoms with Gasteiger partial charge in [-0.1, -0.05) is 87.8 Å². The Morgan fingerprint density at radius 3 is 2.41 bits per heavy atom. The van der Waals surface area contributed by atoms with Gasteiger partial charge in [-0.2, -0.15) is 5.26 Å². The van der Waals surface area contributed by atoms with Crippen molar-refractivity contribution in [1.82, 2.24) is 5.32 Å². The third-order valence-corrected chi connectivity index (χ3v) is 7.41. The van der Waals surface area contributed by atoms with Crippen molar-refractivity contribution in [2.75, 3.05) is 4.90 Å². The number of benzene rings is 3. The molecule has 170 valence electrons. The number of hydrogen-bond donors (Lipinski definition) is 1. The van der Waals surface area contributed by atoms with Gasteiger partial charge in [-0.05, 0) is 47.9 Å². The molecule has 3 aromatic rings. The van der Waals surface area contributed by atoms with E-state index in [1.165, 1.54) is 16.7 Å². The molecule has 3 aromatic carbocycles. The Kier molecular flexibility index (Phi) is 7.73. The predicted molar refractivity (Wildman–Crippen MR) is 139 cm³/mol. The fraction of sp³-hybridized carbons (Fsp3) is 0.115. The minimum absolute atomic E-state index is 0.0983. The molecule has 0 bridgehead atoms. The summed E-state index contributed by atoms with van der Waals surface area (Å²) in [6.07, 6.45) is 0.379. The first kappa shape index (κ1) is 24.1. The molecule has 2 amide bonds. The van der Waals surface area contributed by atoms with Crippen LogP contribution < -0.4 is 10.2 Å². The number of nitriles is 1. The van der Waals surface area contributed by atoms with E-state index in [4.69, 9.17) is 11.6 Å². The zero-order valence-electron chi connectivity index (χ0n) is 17.9. The van der Waals surface area contributed by atoms with Gasteiger partial charge in [-0.25, -0.2) is 0 Å². The SMILES string of the molecule is N#CC(C(=O)NCc1ccccc1)=C1SC(Cc2ccccc2Cl)C(=O)N1c1ccc(Br)cc1. The van der Waals surface area contributed by atoms with E-state index in [9.17, 15) is 14.9 Å². The van der Waals surface area contributed by atoms with Crippen LogP contribution in [0.3, 0.4) is 0 Å². The van der Waals surface area contributed by atoms with E-state index < -0.39 is 11.2 Å². The van der Waals surface area contributed by atoms with E-state index in [1.54, 1.807) is 18.2 Å². The summed E-state index contributed by atoms with van der Waals surface area (Å²) < 4.78 is 0.856. The maximum atomic E-state index is 13.5. The fourth-order valence-electron chi connectivity index (χ4n) is 3.54. The topological polar surface area (TPSA) is 73.2 Å². The molecule has 0 saturated carbocycles. The summed E-state index contributed by atoms with van der Waals surface area (Å²) in [5.41, 5.74) is 2.23. The minimum Gasteiger partial charge on any atom is -0.347 e. The zero-order valence-corrected chi connectivity index (χ0v) is 21.0. The molecule has 0 aromatic heterocycles. The highest BCUT2D eigenvalue weighted by atomic mass is 79.9. The van der Waals surface area contributed by atoms with Gasteiger partial charge >= 0.3 is 0 Å². The number of carbonyl (C=O) groups is 2.